The van der Waals surface area contributed by atoms with Gasteiger partial charge in [-0.3, -0.25) is 10.1 Å². The zero-order valence-electron chi connectivity index (χ0n) is 11.1. The summed E-state index contributed by atoms with van der Waals surface area (Å²) in [4.78, 5) is 24.0. The van der Waals surface area contributed by atoms with Crippen molar-refractivity contribution in [3.63, 3.8) is 0 Å². The van der Waals surface area contributed by atoms with Crippen molar-refractivity contribution in [2.45, 2.75) is 38.6 Å². The molecule has 1 heterocycles. The maximum absolute atomic E-state index is 11.1. The number of nitrogens with one attached hydrogen (secondary N) is 2. The second kappa shape index (κ2) is 8.05. The van der Waals surface area contributed by atoms with Crippen molar-refractivity contribution in [3.8, 4) is 0 Å². The van der Waals surface area contributed by atoms with Gasteiger partial charge in [0.25, 0.3) is 0 Å². The first kappa shape index (κ1) is 14.9. The van der Waals surface area contributed by atoms with Gasteiger partial charge in [-0.05, 0) is 45.8 Å². The minimum absolute atomic E-state index is 0.137. The van der Waals surface area contributed by atoms with Crippen LogP contribution in [0.3, 0.4) is 0 Å². The van der Waals surface area contributed by atoms with Crippen LogP contribution in [0.1, 0.15) is 32.6 Å². The molecule has 6 nitrogen and oxygen atoms in total. The molecule has 0 aromatic carbocycles. The lowest BCUT2D eigenvalue weighted by Gasteiger charge is -2.33. The number of carbonyl (C=O) groups excluding carboxylic acids is 2. The molecule has 1 unspecified atom stereocenters. The number of amides is 3. The second-order valence-corrected chi connectivity index (χ2v) is 4.82. The summed E-state index contributed by atoms with van der Waals surface area (Å²) in [5.74, 6) is -0.381. The fourth-order valence-electron chi connectivity index (χ4n) is 2.28. The van der Waals surface area contributed by atoms with E-state index in [9.17, 15) is 9.59 Å². The number of nitrogens with two attached hydrogens (primary N) is 1. The molecule has 6 heteroatoms. The highest BCUT2D eigenvalue weighted by molar-refractivity contribution is 5.94. The summed E-state index contributed by atoms with van der Waals surface area (Å²) in [7, 11) is 0. The van der Waals surface area contributed by atoms with E-state index in [1.54, 1.807) is 0 Å². The normalized spacial score (nSPS) is 20.6. The smallest absolute Gasteiger partial charge is 0.318 e. The van der Waals surface area contributed by atoms with Crippen molar-refractivity contribution >= 4 is 11.9 Å². The number of nitrogens with zero attached hydrogens (tertiary/aromatic N) is 1. The Balaban J connectivity index is 2.01. The van der Waals surface area contributed by atoms with Gasteiger partial charge in [-0.1, -0.05) is 6.42 Å². The lowest BCUT2D eigenvalue weighted by atomic mass is 10.0. The van der Waals surface area contributed by atoms with E-state index in [1.165, 1.54) is 25.8 Å². The number of hydrogen-bond donors (Lipinski definition) is 3. The molecule has 1 rings (SSSR count). The number of rotatable bonds is 6. The van der Waals surface area contributed by atoms with Crippen LogP contribution in [0.4, 0.5) is 4.79 Å². The predicted octanol–water partition coefficient (Wildman–Crippen LogP) is 0.0354. The Morgan fingerprint density at radius 2 is 2.17 bits per heavy atom. The van der Waals surface area contributed by atoms with Crippen LogP contribution in [-0.2, 0) is 4.79 Å². The van der Waals surface area contributed by atoms with E-state index < -0.39 is 6.03 Å². The molecule has 0 aromatic rings. The molecule has 0 aromatic heterocycles. The van der Waals surface area contributed by atoms with E-state index >= 15 is 0 Å². The third-order valence-corrected chi connectivity index (χ3v) is 3.29. The van der Waals surface area contributed by atoms with Gasteiger partial charge in [-0.25, -0.2) is 4.79 Å². The highest BCUT2D eigenvalue weighted by atomic mass is 16.2. The monoisotopic (exact) mass is 256 g/mol. The van der Waals surface area contributed by atoms with Crippen molar-refractivity contribution in [2.75, 3.05) is 26.2 Å². The van der Waals surface area contributed by atoms with E-state index in [1.807, 2.05) is 5.32 Å². The second-order valence-electron chi connectivity index (χ2n) is 4.82. The van der Waals surface area contributed by atoms with E-state index in [2.05, 4.69) is 17.1 Å². The van der Waals surface area contributed by atoms with Gasteiger partial charge in [-0.15, -0.1) is 0 Å². The topological polar surface area (TPSA) is 87.5 Å². The minimum Gasteiger partial charge on any atom is -0.351 e. The Morgan fingerprint density at radius 3 is 2.83 bits per heavy atom. The Bertz CT molecular complexity index is 283. The summed E-state index contributed by atoms with van der Waals surface area (Å²) in [6.45, 7) is 5.43. The highest BCUT2D eigenvalue weighted by Gasteiger charge is 2.16. The van der Waals surface area contributed by atoms with Gasteiger partial charge in [0.15, 0.2) is 0 Å². The van der Waals surface area contributed by atoms with Crippen molar-refractivity contribution < 1.29 is 9.59 Å². The molecule has 0 saturated carbocycles. The lowest BCUT2D eigenvalue weighted by molar-refractivity contribution is -0.119. The summed E-state index contributed by atoms with van der Waals surface area (Å²) in [5, 5.41) is 5.02. The van der Waals surface area contributed by atoms with Gasteiger partial charge in [0.1, 0.15) is 0 Å². The number of piperidine rings is 1. The van der Waals surface area contributed by atoms with E-state index in [0.29, 0.717) is 6.04 Å². The Hall–Kier alpha value is -1.14. The van der Waals surface area contributed by atoms with Crippen LogP contribution >= 0.6 is 0 Å². The van der Waals surface area contributed by atoms with E-state index in [4.69, 9.17) is 5.73 Å². The number of likely N-dealkylation sites (tertiary alicyclic amines) is 1. The molecule has 1 fully saturated rings. The molecular weight excluding hydrogens is 232 g/mol. The SMILES string of the molecule is CC1CCCCN1CCCNCC(=O)NC(N)=O. The first-order valence-corrected chi connectivity index (χ1v) is 6.63. The Morgan fingerprint density at radius 1 is 1.39 bits per heavy atom. The zero-order valence-corrected chi connectivity index (χ0v) is 11.1. The average Bonchev–Trinajstić information content (AvgIpc) is 2.30. The van der Waals surface area contributed by atoms with E-state index in [-0.39, 0.29) is 12.5 Å². The number of hydrogen-bond acceptors (Lipinski definition) is 4. The maximum atomic E-state index is 11.1. The molecule has 4 N–H and O–H groups in total. The summed E-state index contributed by atoms with van der Waals surface area (Å²) in [6.07, 6.45) is 4.92. The molecule has 0 aliphatic carbocycles. The Labute approximate surface area is 108 Å². The zero-order chi connectivity index (χ0) is 13.4. The molecule has 1 saturated heterocycles. The number of primary amides is 1. The third-order valence-electron chi connectivity index (χ3n) is 3.29. The fraction of sp³-hybridized carbons (Fsp3) is 0.833. The largest absolute Gasteiger partial charge is 0.351 e. The summed E-state index contributed by atoms with van der Waals surface area (Å²) in [6, 6.07) is -0.124. The molecule has 0 spiro atoms. The molecule has 0 radical (unpaired) electrons. The lowest BCUT2D eigenvalue weighted by Crippen LogP contribution is -2.42. The van der Waals surface area contributed by atoms with Crippen molar-refractivity contribution in [3.05, 3.63) is 0 Å². The van der Waals surface area contributed by atoms with Gasteiger partial charge in [0.05, 0.1) is 6.54 Å². The van der Waals surface area contributed by atoms with Gasteiger partial charge >= 0.3 is 6.03 Å². The standard InChI is InChI=1S/C12H24N4O2/c1-10-5-2-3-7-16(10)8-4-6-14-9-11(17)15-12(13)18/h10,14H,2-9H2,1H3,(H3,13,15,17,18). The van der Waals surface area contributed by atoms with Gasteiger partial charge in [0, 0.05) is 6.04 Å². The summed E-state index contributed by atoms with van der Waals surface area (Å²) in [5.41, 5.74) is 4.83. The molecule has 3 amide bonds. The average molecular weight is 256 g/mol. The summed E-state index contributed by atoms with van der Waals surface area (Å²) < 4.78 is 0. The van der Waals surface area contributed by atoms with Crippen LogP contribution < -0.4 is 16.4 Å². The van der Waals surface area contributed by atoms with Crippen LogP contribution in [0, 0.1) is 0 Å². The molecule has 1 aliphatic rings. The quantitative estimate of drug-likeness (QED) is 0.585. The maximum Gasteiger partial charge on any atom is 0.318 e. The molecule has 1 atom stereocenters. The first-order valence-electron chi connectivity index (χ1n) is 6.63. The first-order chi connectivity index (χ1) is 8.59. The molecule has 104 valence electrons. The molecule has 1 aliphatic heterocycles. The fourth-order valence-corrected chi connectivity index (χ4v) is 2.28. The molecular formula is C12H24N4O2. The van der Waals surface area contributed by atoms with Crippen LogP contribution in [-0.4, -0.2) is 49.1 Å². The number of imide groups is 1. The molecule has 0 bridgehead atoms. The van der Waals surface area contributed by atoms with Gasteiger partial charge < -0.3 is 16.0 Å². The number of carbonyl (C=O) groups is 2. The van der Waals surface area contributed by atoms with Gasteiger partial charge in [0.2, 0.25) is 5.91 Å². The minimum atomic E-state index is -0.802. The van der Waals surface area contributed by atoms with Crippen molar-refractivity contribution in [1.82, 2.24) is 15.5 Å². The third kappa shape index (κ3) is 5.97. The van der Waals surface area contributed by atoms with Crippen LogP contribution in [0.15, 0.2) is 0 Å². The Kier molecular flexibility index (Phi) is 6.67. The summed E-state index contributed by atoms with van der Waals surface area (Å²) >= 11 is 0. The van der Waals surface area contributed by atoms with Crippen molar-refractivity contribution in [1.29, 1.82) is 0 Å². The van der Waals surface area contributed by atoms with Gasteiger partial charge in [-0.2, -0.15) is 0 Å². The predicted molar refractivity (Wildman–Crippen MR) is 70.1 cm³/mol. The van der Waals surface area contributed by atoms with Crippen LogP contribution in [0.5, 0.6) is 0 Å². The highest BCUT2D eigenvalue weighted by Crippen LogP contribution is 2.15. The van der Waals surface area contributed by atoms with E-state index in [0.717, 1.165) is 19.5 Å². The van der Waals surface area contributed by atoms with Crippen LogP contribution in [0.2, 0.25) is 0 Å². The van der Waals surface area contributed by atoms with Crippen molar-refractivity contribution in [2.24, 2.45) is 5.73 Å². The van der Waals surface area contributed by atoms with Crippen LogP contribution in [0.25, 0.3) is 0 Å². The molecule has 18 heavy (non-hydrogen) atoms. The number of urea groups is 1.